The molecule has 10 nitrogen and oxygen atoms in total. The van der Waals surface area contributed by atoms with Crippen molar-refractivity contribution < 1.29 is 44.6 Å². The van der Waals surface area contributed by atoms with Gasteiger partial charge in [0.1, 0.15) is 23.7 Å². The fourth-order valence-electron chi connectivity index (χ4n) is 6.95. The van der Waals surface area contributed by atoms with Crippen molar-refractivity contribution in [1.82, 2.24) is 0 Å². The van der Waals surface area contributed by atoms with Crippen LogP contribution in [-0.4, -0.2) is 91.0 Å². The molecule has 0 aromatic rings. The van der Waals surface area contributed by atoms with Crippen molar-refractivity contribution in [3.05, 3.63) is 11.6 Å². The van der Waals surface area contributed by atoms with Gasteiger partial charge in [-0.15, -0.1) is 0 Å². The number of aliphatic hydroxyl groups is 2. The Morgan fingerprint density at radius 3 is 2.76 bits per heavy atom. The molecule has 4 aliphatic rings. The van der Waals surface area contributed by atoms with E-state index in [1.165, 1.54) is 0 Å². The maximum Gasteiger partial charge on any atom is 0.334 e. The maximum absolute atomic E-state index is 13.2. The van der Waals surface area contributed by atoms with Gasteiger partial charge < -0.3 is 35.1 Å². The number of piperidine rings is 1. The van der Waals surface area contributed by atoms with Crippen LogP contribution in [0.2, 0.25) is 0 Å². The number of allylic oxidation sites excluding steroid dienone is 1. The van der Waals surface area contributed by atoms with Gasteiger partial charge in [0, 0.05) is 43.1 Å². The number of fused-ring (bicyclic) bond motifs is 2. The fraction of sp³-hybridized carbons (Fsp3) is 0.857. The van der Waals surface area contributed by atoms with Gasteiger partial charge in [-0.2, -0.15) is 0 Å². The first-order valence-corrected chi connectivity index (χ1v) is 14.6. The third-order valence-corrected chi connectivity index (χ3v) is 9.40. The number of ether oxygens (including phenoxy) is 3. The van der Waals surface area contributed by atoms with Crippen molar-refractivity contribution >= 4 is 11.8 Å². The smallest absolute Gasteiger partial charge is 0.334 e. The van der Waals surface area contributed by atoms with E-state index in [4.69, 9.17) is 19.9 Å². The Morgan fingerprint density at radius 1 is 1.32 bits per heavy atom. The highest BCUT2D eigenvalue weighted by Crippen LogP contribution is 2.48. The second kappa shape index (κ2) is 12.8. The summed E-state index contributed by atoms with van der Waals surface area (Å²) in [5, 5.41) is 25.2. The van der Waals surface area contributed by atoms with Gasteiger partial charge in [-0.25, -0.2) is 4.79 Å². The Balaban J connectivity index is 1.53. The molecule has 0 amide bonds. The number of carbonyl (C=O) groups is 2. The van der Waals surface area contributed by atoms with Gasteiger partial charge in [0.25, 0.3) is 0 Å². The summed E-state index contributed by atoms with van der Waals surface area (Å²) in [4.78, 5) is 26.1. The number of aliphatic hydroxyl groups excluding tert-OH is 2. The maximum atomic E-state index is 13.2. The quantitative estimate of drug-likeness (QED) is 0.179. The van der Waals surface area contributed by atoms with Crippen LogP contribution in [0.25, 0.3) is 0 Å². The predicted octanol–water partition coefficient (Wildman–Crippen LogP) is -1.27. The van der Waals surface area contributed by atoms with E-state index in [1.54, 1.807) is 0 Å². The Labute approximate surface area is 226 Å². The molecule has 4 fully saturated rings. The lowest BCUT2D eigenvalue weighted by molar-refractivity contribution is -0.703. The summed E-state index contributed by atoms with van der Waals surface area (Å²) in [6, 6.07) is 0. The molecule has 10 unspecified atom stereocenters. The molecule has 1 saturated carbocycles. The van der Waals surface area contributed by atoms with Gasteiger partial charge >= 0.3 is 5.97 Å². The SMILES string of the molecule is CC=C(CC[NH2+]C)C(=O)OC1CC2C(CC3OC(CO)CC(=O)C3C2O)OC1(C)CCC1CCC(N)[NH2+]C1. The summed E-state index contributed by atoms with van der Waals surface area (Å²) in [6.45, 7) is 5.42. The van der Waals surface area contributed by atoms with Gasteiger partial charge in [-0.3, -0.25) is 10.5 Å². The molecule has 10 heteroatoms. The summed E-state index contributed by atoms with van der Waals surface area (Å²) >= 11 is 0. The van der Waals surface area contributed by atoms with E-state index >= 15 is 0 Å². The average Bonchev–Trinajstić information content (AvgIpc) is 2.89. The number of hydrogen-bond acceptors (Lipinski definition) is 8. The van der Waals surface area contributed by atoms with Gasteiger partial charge in [0.05, 0.1) is 57.1 Å². The molecular formula is C28H49N3O7+2. The van der Waals surface area contributed by atoms with Crippen molar-refractivity contribution in [3.63, 3.8) is 0 Å². The first-order valence-electron chi connectivity index (χ1n) is 14.6. The van der Waals surface area contributed by atoms with Crippen LogP contribution in [0.5, 0.6) is 0 Å². The second-order valence-electron chi connectivity index (χ2n) is 12.0. The lowest BCUT2D eigenvalue weighted by Gasteiger charge is -2.54. The summed E-state index contributed by atoms with van der Waals surface area (Å²) in [7, 11) is 1.97. The van der Waals surface area contributed by atoms with Gasteiger partial charge in [0.2, 0.25) is 0 Å². The van der Waals surface area contributed by atoms with Crippen LogP contribution < -0.4 is 16.4 Å². The zero-order chi connectivity index (χ0) is 27.4. The van der Waals surface area contributed by atoms with E-state index in [0.29, 0.717) is 30.8 Å². The highest BCUT2D eigenvalue weighted by molar-refractivity contribution is 5.88. The minimum Gasteiger partial charge on any atom is -0.456 e. The van der Waals surface area contributed by atoms with E-state index in [2.05, 4.69) is 5.32 Å². The van der Waals surface area contributed by atoms with Crippen LogP contribution in [-0.2, 0) is 23.8 Å². The molecule has 0 aromatic carbocycles. The van der Waals surface area contributed by atoms with Crippen molar-refractivity contribution in [3.8, 4) is 0 Å². The normalized spacial score (nSPS) is 41.8. The molecule has 1 aliphatic carbocycles. The third kappa shape index (κ3) is 6.49. The molecule has 0 radical (unpaired) electrons. The van der Waals surface area contributed by atoms with Crippen LogP contribution >= 0.6 is 0 Å². The summed E-state index contributed by atoms with van der Waals surface area (Å²) in [5.74, 6) is -0.875. The lowest BCUT2D eigenvalue weighted by atomic mass is 9.66. The van der Waals surface area contributed by atoms with Gasteiger partial charge in [-0.05, 0) is 39.5 Å². The predicted molar refractivity (Wildman–Crippen MR) is 139 cm³/mol. The van der Waals surface area contributed by atoms with Crippen molar-refractivity contribution in [2.75, 3.05) is 26.7 Å². The zero-order valence-electron chi connectivity index (χ0n) is 23.2. The fourth-order valence-corrected chi connectivity index (χ4v) is 6.95. The molecule has 8 N–H and O–H groups in total. The summed E-state index contributed by atoms with van der Waals surface area (Å²) in [6.07, 6.45) is 4.49. The third-order valence-electron chi connectivity index (χ3n) is 9.40. The molecule has 38 heavy (non-hydrogen) atoms. The van der Waals surface area contributed by atoms with Crippen LogP contribution in [0.1, 0.15) is 65.2 Å². The van der Waals surface area contributed by atoms with Crippen LogP contribution in [0.15, 0.2) is 11.6 Å². The van der Waals surface area contributed by atoms with Crippen LogP contribution in [0.4, 0.5) is 0 Å². The number of nitrogens with two attached hydrogens (primary N) is 3. The standard InChI is InChI=1S/C28H47N3O7/c1-4-17(8-10-30-3)27(35)37-23-12-19-21(13-22-25(26(19)34)20(33)11-18(15-32)36-22)38-28(23,2)9-7-16-5-6-24(29)31-14-16/h4,16,18-19,21-26,30-32,34H,5-15,29H2,1-3H3/p+2. The zero-order valence-corrected chi connectivity index (χ0v) is 23.2. The molecular weight excluding hydrogens is 490 g/mol. The van der Waals surface area contributed by atoms with E-state index in [9.17, 15) is 19.8 Å². The van der Waals surface area contributed by atoms with Gasteiger partial charge in [-0.1, -0.05) is 6.08 Å². The largest absolute Gasteiger partial charge is 0.456 e. The molecule has 4 rings (SSSR count). The summed E-state index contributed by atoms with van der Waals surface area (Å²) < 4.78 is 19.0. The molecule has 3 heterocycles. The Bertz CT molecular complexity index is 861. The topological polar surface area (TPSA) is 162 Å². The number of ketones is 1. The average molecular weight is 540 g/mol. The van der Waals surface area contributed by atoms with E-state index in [1.807, 2.05) is 32.3 Å². The number of esters is 1. The molecule has 0 aromatic heterocycles. The number of hydrogen-bond donors (Lipinski definition) is 5. The molecule has 3 aliphatic heterocycles. The Morgan fingerprint density at radius 2 is 2.11 bits per heavy atom. The number of carbonyl (C=O) groups excluding carboxylic acids is 2. The Hall–Kier alpha value is -1.40. The van der Waals surface area contributed by atoms with Crippen LogP contribution in [0.3, 0.4) is 0 Å². The molecule has 216 valence electrons. The number of quaternary nitrogens is 2. The van der Waals surface area contributed by atoms with E-state index in [0.717, 1.165) is 38.8 Å². The lowest BCUT2D eigenvalue weighted by Crippen LogP contribution is -2.95. The first-order chi connectivity index (χ1) is 18.2. The minimum atomic E-state index is -0.943. The Kier molecular flexibility index (Phi) is 10.00. The van der Waals surface area contributed by atoms with E-state index in [-0.39, 0.29) is 43.0 Å². The molecule has 3 saturated heterocycles. The second-order valence-corrected chi connectivity index (χ2v) is 12.0. The molecule has 0 spiro atoms. The van der Waals surface area contributed by atoms with Crippen molar-refractivity contribution in [1.29, 1.82) is 0 Å². The van der Waals surface area contributed by atoms with Gasteiger partial charge in [0.15, 0.2) is 0 Å². The summed E-state index contributed by atoms with van der Waals surface area (Å²) in [5.41, 5.74) is 5.97. The minimum absolute atomic E-state index is 0.0769. The highest BCUT2D eigenvalue weighted by atomic mass is 16.6. The van der Waals surface area contributed by atoms with Crippen LogP contribution in [0, 0.1) is 17.8 Å². The van der Waals surface area contributed by atoms with Crippen molar-refractivity contribution in [2.45, 2.75) is 108 Å². The van der Waals surface area contributed by atoms with E-state index < -0.39 is 35.9 Å². The molecule has 0 bridgehead atoms. The highest BCUT2D eigenvalue weighted by Gasteiger charge is 2.57. The molecule has 10 atom stereocenters. The number of rotatable bonds is 9. The van der Waals surface area contributed by atoms with Crippen molar-refractivity contribution in [2.24, 2.45) is 23.5 Å². The number of Topliss-reactive ketones (excluding diaryl/α,β-unsaturated/α-hetero) is 1. The first kappa shape index (κ1) is 29.6. The monoisotopic (exact) mass is 539 g/mol.